The van der Waals surface area contributed by atoms with Crippen molar-refractivity contribution in [3.8, 4) is 40.4 Å². The van der Waals surface area contributed by atoms with E-state index in [2.05, 4.69) is 91.8 Å². The lowest BCUT2D eigenvalue weighted by atomic mass is 9.88. The maximum absolute atomic E-state index is 5.13. The second-order valence-corrected chi connectivity index (χ2v) is 27.7. The fourth-order valence-electron chi connectivity index (χ4n) is 11.6. The Bertz CT molecular complexity index is 2420. The Morgan fingerprint density at radius 3 is 1.18 bits per heavy atom. The molecule has 5 heterocycles. The molecule has 0 radical (unpaired) electrons. The van der Waals surface area contributed by atoms with Crippen molar-refractivity contribution < 1.29 is 0 Å². The van der Waals surface area contributed by atoms with Crippen molar-refractivity contribution in [1.82, 2.24) is 8.75 Å². The highest BCUT2D eigenvalue weighted by Gasteiger charge is 2.24. The largest absolute Gasteiger partial charge is 0.172 e. The zero-order valence-corrected chi connectivity index (χ0v) is 51.7. The highest BCUT2D eigenvalue weighted by molar-refractivity contribution is 7.27. The van der Waals surface area contributed by atoms with Crippen molar-refractivity contribution in [2.45, 2.75) is 274 Å². The summed E-state index contributed by atoms with van der Waals surface area (Å²) >= 11 is 9.40. The first-order valence-electron chi connectivity index (χ1n) is 30.4. The van der Waals surface area contributed by atoms with E-state index < -0.39 is 0 Å². The van der Waals surface area contributed by atoms with Crippen LogP contribution in [0.1, 0.15) is 265 Å². The van der Waals surface area contributed by atoms with Gasteiger partial charge in [-0.3, -0.25) is 0 Å². The highest BCUT2D eigenvalue weighted by Crippen LogP contribution is 2.49. The average molecular weight is 1080 g/mol. The molecule has 2 unspecified atom stereocenters. The summed E-state index contributed by atoms with van der Waals surface area (Å²) in [5.41, 5.74) is 10.7. The molecule has 5 aromatic heterocycles. The van der Waals surface area contributed by atoms with Gasteiger partial charge in [0.2, 0.25) is 0 Å². The van der Waals surface area contributed by atoms with Gasteiger partial charge in [-0.2, -0.15) is 8.75 Å². The Balaban J connectivity index is 1.26. The van der Waals surface area contributed by atoms with Gasteiger partial charge in [0.05, 0.1) is 11.7 Å². The maximum Gasteiger partial charge on any atom is 0.114 e. The number of benzene rings is 1. The van der Waals surface area contributed by atoms with Crippen LogP contribution in [0.15, 0.2) is 36.4 Å². The minimum absolute atomic E-state index is 0.723. The van der Waals surface area contributed by atoms with Gasteiger partial charge in [0.1, 0.15) is 11.0 Å². The van der Waals surface area contributed by atoms with Crippen LogP contribution in [-0.4, -0.2) is 8.75 Å². The molecule has 6 rings (SSSR count). The van der Waals surface area contributed by atoms with Crippen LogP contribution in [0, 0.1) is 39.5 Å². The van der Waals surface area contributed by atoms with E-state index in [0.717, 1.165) is 22.9 Å². The molecular formula is C66H100N2S5. The van der Waals surface area contributed by atoms with E-state index in [-0.39, 0.29) is 0 Å². The fourth-order valence-corrected chi connectivity index (χ4v) is 17.1. The molecule has 404 valence electrons. The highest BCUT2D eigenvalue weighted by atomic mass is 32.1. The molecule has 2 atom stereocenters. The molecule has 0 bridgehead atoms. The van der Waals surface area contributed by atoms with E-state index in [4.69, 9.17) is 8.75 Å². The lowest BCUT2D eigenvalue weighted by Crippen LogP contribution is -2.05. The number of hydrogen-bond donors (Lipinski definition) is 0. The van der Waals surface area contributed by atoms with E-state index in [1.54, 1.807) is 11.1 Å². The Kier molecular flexibility index (Phi) is 27.9. The van der Waals surface area contributed by atoms with E-state index in [0.29, 0.717) is 0 Å². The van der Waals surface area contributed by atoms with Gasteiger partial charge in [-0.25, -0.2) is 0 Å². The second kappa shape index (κ2) is 33.9. The summed E-state index contributed by atoms with van der Waals surface area (Å²) in [7, 11) is 0. The van der Waals surface area contributed by atoms with E-state index >= 15 is 0 Å². The number of rotatable bonds is 40. The standard InChI is InChI=1S/C66H100N2S5/c1-9-13-17-21-25-27-31-35-38-53(37-33-29-23-19-15-11-3)45-55-47-59(70-52(55)8)57-41-42-58(63-62(57)67-73-68-63)60-48-56(66(71-60)61-44-50(6)65(72-61)64-49(5)43-51(7)69-64)46-54(39-34-30-24-20-16-12-4)40-36-32-28-26-22-18-14-10-2/h41-44,47-48,53-54H,9-40,45-46H2,1-8H3. The van der Waals surface area contributed by atoms with E-state index in [9.17, 15) is 0 Å². The van der Waals surface area contributed by atoms with Crippen molar-refractivity contribution in [2.24, 2.45) is 11.8 Å². The molecule has 0 amide bonds. The SMILES string of the molecule is CCCCCCCCCCC(CCCCCCCC)Cc1cc(-c2ccc(-c3cc(CC(CCCCCCCC)CCCCCCCCCC)c(-c4cc(C)c(-c5sc(C)cc5C)s4)s3)c3nsnc23)sc1C. The monoisotopic (exact) mass is 1080 g/mol. The molecule has 6 aromatic rings. The first-order valence-corrected chi connectivity index (χ1v) is 34.4. The molecule has 0 aliphatic heterocycles. The summed E-state index contributed by atoms with van der Waals surface area (Å²) in [4.78, 5) is 11.5. The molecule has 0 aliphatic carbocycles. The van der Waals surface area contributed by atoms with Crippen LogP contribution in [0.5, 0.6) is 0 Å². The number of nitrogens with zero attached hydrogens (tertiary/aromatic N) is 2. The van der Waals surface area contributed by atoms with E-state index in [1.165, 1.54) is 291 Å². The molecule has 1 aromatic carbocycles. The third kappa shape index (κ3) is 19.4. The maximum atomic E-state index is 5.13. The normalized spacial score (nSPS) is 12.8. The van der Waals surface area contributed by atoms with Gasteiger partial charge >= 0.3 is 0 Å². The Morgan fingerprint density at radius 1 is 0.370 bits per heavy atom. The number of aromatic nitrogens is 2. The topological polar surface area (TPSA) is 25.8 Å². The van der Waals surface area contributed by atoms with Crippen molar-refractivity contribution in [3.63, 3.8) is 0 Å². The van der Waals surface area contributed by atoms with Crippen molar-refractivity contribution >= 4 is 68.1 Å². The van der Waals surface area contributed by atoms with Crippen molar-refractivity contribution in [1.29, 1.82) is 0 Å². The van der Waals surface area contributed by atoms with Crippen LogP contribution in [0.4, 0.5) is 0 Å². The number of unbranched alkanes of at least 4 members (excludes halogenated alkanes) is 24. The molecule has 2 nitrogen and oxygen atoms in total. The van der Waals surface area contributed by atoms with Crippen LogP contribution >= 0.6 is 57.1 Å². The van der Waals surface area contributed by atoms with E-state index in [1.807, 2.05) is 45.3 Å². The zero-order chi connectivity index (χ0) is 51.6. The first-order chi connectivity index (χ1) is 35.7. The lowest BCUT2D eigenvalue weighted by molar-refractivity contribution is 0.400. The lowest BCUT2D eigenvalue weighted by Gasteiger charge is -2.17. The molecule has 0 fully saturated rings. The van der Waals surface area contributed by atoms with Gasteiger partial charge in [-0.05, 0) is 98.9 Å². The first kappa shape index (κ1) is 60.1. The average Bonchev–Trinajstić information content (AvgIpc) is 4.24. The molecule has 73 heavy (non-hydrogen) atoms. The Morgan fingerprint density at radius 2 is 0.740 bits per heavy atom. The predicted molar refractivity (Wildman–Crippen MR) is 334 cm³/mol. The van der Waals surface area contributed by atoms with Gasteiger partial charge in [-0.15, -0.1) is 45.3 Å². The summed E-state index contributed by atoms with van der Waals surface area (Å²) in [5.74, 6) is 1.51. The third-order valence-corrected chi connectivity index (χ3v) is 21.6. The van der Waals surface area contributed by atoms with Crippen LogP contribution < -0.4 is 0 Å². The number of fused-ring (bicyclic) bond motifs is 1. The zero-order valence-electron chi connectivity index (χ0n) is 47.6. The minimum Gasteiger partial charge on any atom is -0.172 e. The van der Waals surface area contributed by atoms with Gasteiger partial charge in [0.15, 0.2) is 0 Å². The minimum atomic E-state index is 0.723. The predicted octanol–water partition coefficient (Wildman–Crippen LogP) is 24.7. The third-order valence-electron chi connectivity index (χ3n) is 16.0. The molecule has 7 heteroatoms. The fraction of sp³-hybridized carbons (Fsp3) is 0.667. The summed E-state index contributed by atoms with van der Waals surface area (Å²) in [6.45, 7) is 18.6. The molecule has 0 aliphatic rings. The Labute approximate surface area is 467 Å². The number of hydrogen-bond acceptors (Lipinski definition) is 7. The van der Waals surface area contributed by atoms with Gasteiger partial charge < -0.3 is 0 Å². The van der Waals surface area contributed by atoms with Gasteiger partial charge in [-0.1, -0.05) is 245 Å². The van der Waals surface area contributed by atoms with Crippen LogP contribution in [0.3, 0.4) is 0 Å². The summed E-state index contributed by atoms with van der Waals surface area (Å²) < 4.78 is 10.2. The van der Waals surface area contributed by atoms with Gasteiger partial charge in [0, 0.05) is 50.1 Å². The number of aryl methyl sites for hydroxylation is 4. The van der Waals surface area contributed by atoms with Crippen LogP contribution in [0.25, 0.3) is 51.4 Å². The Hall–Kier alpha value is -2.16. The second-order valence-electron chi connectivity index (χ2n) is 22.6. The summed E-state index contributed by atoms with van der Waals surface area (Å²) in [6, 6.07) is 14.9. The molecule has 0 saturated carbocycles. The smallest absolute Gasteiger partial charge is 0.114 e. The quantitative estimate of drug-likeness (QED) is 0.0358. The van der Waals surface area contributed by atoms with Crippen LogP contribution in [-0.2, 0) is 12.8 Å². The molecular weight excluding hydrogens is 981 g/mol. The number of thiophene rings is 4. The summed E-state index contributed by atoms with van der Waals surface area (Å²) in [6.07, 6.45) is 46.8. The molecule has 0 N–H and O–H groups in total. The summed E-state index contributed by atoms with van der Waals surface area (Å²) in [5, 5.41) is 0. The van der Waals surface area contributed by atoms with Crippen molar-refractivity contribution in [2.75, 3.05) is 0 Å². The molecule has 0 spiro atoms. The van der Waals surface area contributed by atoms with Crippen LogP contribution in [0.2, 0.25) is 0 Å². The van der Waals surface area contributed by atoms with Gasteiger partial charge in [0.25, 0.3) is 0 Å². The van der Waals surface area contributed by atoms with Crippen molar-refractivity contribution in [3.05, 3.63) is 68.4 Å². The molecule has 0 saturated heterocycles.